The van der Waals surface area contributed by atoms with Crippen molar-refractivity contribution in [2.24, 2.45) is 5.73 Å². The molecule has 0 aliphatic rings. The van der Waals surface area contributed by atoms with E-state index in [0.29, 0.717) is 11.3 Å². The summed E-state index contributed by atoms with van der Waals surface area (Å²) in [5.41, 5.74) is 6.13. The summed E-state index contributed by atoms with van der Waals surface area (Å²) in [7, 11) is 0. The van der Waals surface area contributed by atoms with Crippen LogP contribution < -0.4 is 5.73 Å². The summed E-state index contributed by atoms with van der Waals surface area (Å²) >= 11 is 0. The van der Waals surface area contributed by atoms with Gasteiger partial charge in [-0.15, -0.1) is 0 Å². The summed E-state index contributed by atoms with van der Waals surface area (Å²) in [4.78, 5) is 0. The van der Waals surface area contributed by atoms with E-state index >= 15 is 0 Å². The largest absolute Gasteiger partial charge is 0.399 e. The average molecular weight is 129 g/mol. The lowest BCUT2D eigenvalue weighted by Crippen LogP contribution is -2.07. The standard InChI is InChI=1S/C7H12FN/c1-4-7(9)5(2)6(3)8/h4,6H,2,9H2,1,3H3/b7-4+. The highest BCUT2D eigenvalue weighted by Crippen LogP contribution is 2.08. The van der Waals surface area contributed by atoms with E-state index in [9.17, 15) is 4.39 Å². The molecule has 0 fully saturated rings. The average Bonchev–Trinajstić information content (AvgIpc) is 1.84. The van der Waals surface area contributed by atoms with Crippen LogP contribution in [0.1, 0.15) is 13.8 Å². The van der Waals surface area contributed by atoms with Gasteiger partial charge in [0, 0.05) is 11.3 Å². The van der Waals surface area contributed by atoms with E-state index in [1.807, 2.05) is 0 Å². The number of rotatable bonds is 2. The lowest BCUT2D eigenvalue weighted by molar-refractivity contribution is 0.415. The Morgan fingerprint density at radius 1 is 1.78 bits per heavy atom. The minimum absolute atomic E-state index is 0.359. The summed E-state index contributed by atoms with van der Waals surface area (Å²) in [5.74, 6) is 0. The second-order valence-corrected chi connectivity index (χ2v) is 1.89. The monoisotopic (exact) mass is 129 g/mol. The van der Waals surface area contributed by atoms with E-state index in [1.54, 1.807) is 13.0 Å². The number of allylic oxidation sites excluding steroid dienone is 2. The van der Waals surface area contributed by atoms with Gasteiger partial charge in [0.25, 0.3) is 0 Å². The van der Waals surface area contributed by atoms with Crippen LogP contribution in [-0.2, 0) is 0 Å². The number of hydrogen-bond acceptors (Lipinski definition) is 1. The van der Waals surface area contributed by atoms with Gasteiger partial charge in [-0.2, -0.15) is 0 Å². The maximum atomic E-state index is 12.3. The molecule has 0 heterocycles. The fourth-order valence-corrected chi connectivity index (χ4v) is 0.415. The highest BCUT2D eigenvalue weighted by Gasteiger charge is 2.04. The molecule has 0 spiro atoms. The van der Waals surface area contributed by atoms with Gasteiger partial charge >= 0.3 is 0 Å². The van der Waals surface area contributed by atoms with Crippen LogP contribution in [0.2, 0.25) is 0 Å². The lowest BCUT2D eigenvalue weighted by Gasteiger charge is -2.04. The maximum absolute atomic E-state index is 12.3. The zero-order chi connectivity index (χ0) is 7.44. The first-order chi connectivity index (χ1) is 4.09. The van der Waals surface area contributed by atoms with Gasteiger partial charge < -0.3 is 5.73 Å². The third-order valence-electron chi connectivity index (χ3n) is 1.16. The van der Waals surface area contributed by atoms with Crippen molar-refractivity contribution in [3.8, 4) is 0 Å². The number of alkyl halides is 1. The third kappa shape index (κ3) is 2.31. The molecular formula is C7H12FN. The van der Waals surface area contributed by atoms with E-state index in [-0.39, 0.29) is 0 Å². The maximum Gasteiger partial charge on any atom is 0.124 e. The van der Waals surface area contributed by atoms with Crippen molar-refractivity contribution >= 4 is 0 Å². The van der Waals surface area contributed by atoms with E-state index in [0.717, 1.165) is 0 Å². The van der Waals surface area contributed by atoms with Crippen molar-refractivity contribution in [3.05, 3.63) is 23.9 Å². The fourth-order valence-electron chi connectivity index (χ4n) is 0.415. The molecule has 0 saturated carbocycles. The van der Waals surface area contributed by atoms with Gasteiger partial charge in [-0.1, -0.05) is 12.7 Å². The molecule has 0 bridgehead atoms. The first-order valence-corrected chi connectivity index (χ1v) is 2.84. The van der Waals surface area contributed by atoms with Gasteiger partial charge in [0.15, 0.2) is 0 Å². The summed E-state index contributed by atoms with van der Waals surface area (Å²) in [5, 5.41) is 0. The van der Waals surface area contributed by atoms with Gasteiger partial charge in [-0.3, -0.25) is 0 Å². The van der Waals surface area contributed by atoms with Crippen molar-refractivity contribution < 1.29 is 4.39 Å². The highest BCUT2D eigenvalue weighted by molar-refractivity contribution is 5.27. The number of hydrogen-bond donors (Lipinski definition) is 1. The molecule has 0 aromatic rings. The molecule has 2 N–H and O–H groups in total. The topological polar surface area (TPSA) is 26.0 Å². The summed E-state index contributed by atoms with van der Waals surface area (Å²) in [6.07, 6.45) is 0.597. The highest BCUT2D eigenvalue weighted by atomic mass is 19.1. The Bertz CT molecular complexity index is 136. The third-order valence-corrected chi connectivity index (χ3v) is 1.16. The molecule has 0 rings (SSSR count). The van der Waals surface area contributed by atoms with Gasteiger partial charge in [-0.05, 0) is 13.8 Å². The van der Waals surface area contributed by atoms with Crippen LogP contribution in [0.3, 0.4) is 0 Å². The van der Waals surface area contributed by atoms with Crippen molar-refractivity contribution in [2.45, 2.75) is 20.0 Å². The predicted molar refractivity (Wildman–Crippen MR) is 37.7 cm³/mol. The summed E-state index contributed by atoms with van der Waals surface area (Å²) < 4.78 is 12.3. The van der Waals surface area contributed by atoms with Crippen LogP contribution >= 0.6 is 0 Å². The molecule has 1 atom stereocenters. The van der Waals surface area contributed by atoms with E-state index in [1.165, 1.54) is 6.92 Å². The first-order valence-electron chi connectivity index (χ1n) is 2.84. The van der Waals surface area contributed by atoms with E-state index in [2.05, 4.69) is 6.58 Å². The smallest absolute Gasteiger partial charge is 0.124 e. The molecule has 0 aliphatic heterocycles. The van der Waals surface area contributed by atoms with Crippen LogP contribution in [0.25, 0.3) is 0 Å². The van der Waals surface area contributed by atoms with Crippen LogP contribution in [0.4, 0.5) is 4.39 Å². The Kier molecular flexibility index (Phi) is 2.99. The zero-order valence-electron chi connectivity index (χ0n) is 5.82. The quantitative estimate of drug-likeness (QED) is 0.565. The van der Waals surface area contributed by atoms with E-state index in [4.69, 9.17) is 5.73 Å². The van der Waals surface area contributed by atoms with Crippen molar-refractivity contribution in [2.75, 3.05) is 0 Å². The van der Waals surface area contributed by atoms with Crippen LogP contribution in [0.15, 0.2) is 23.9 Å². The summed E-state index contributed by atoms with van der Waals surface area (Å²) in [6, 6.07) is 0. The molecule has 1 unspecified atom stereocenters. The van der Waals surface area contributed by atoms with Gasteiger partial charge in [-0.25, -0.2) is 4.39 Å². The fraction of sp³-hybridized carbons (Fsp3) is 0.429. The van der Waals surface area contributed by atoms with Gasteiger partial charge in [0.2, 0.25) is 0 Å². The molecular weight excluding hydrogens is 117 g/mol. The Morgan fingerprint density at radius 2 is 2.22 bits per heavy atom. The molecule has 2 heteroatoms. The van der Waals surface area contributed by atoms with Crippen LogP contribution in [0.5, 0.6) is 0 Å². The van der Waals surface area contributed by atoms with Crippen molar-refractivity contribution in [3.63, 3.8) is 0 Å². The number of nitrogens with two attached hydrogens (primary N) is 1. The molecule has 0 radical (unpaired) electrons. The predicted octanol–water partition coefficient (Wildman–Crippen LogP) is 1.76. The van der Waals surface area contributed by atoms with Gasteiger partial charge in [0.05, 0.1) is 0 Å². The Labute approximate surface area is 55.1 Å². The second-order valence-electron chi connectivity index (χ2n) is 1.89. The summed E-state index contributed by atoms with van der Waals surface area (Å²) in [6.45, 7) is 6.62. The minimum Gasteiger partial charge on any atom is -0.399 e. The molecule has 9 heavy (non-hydrogen) atoms. The Balaban J connectivity index is 4.06. The molecule has 0 aromatic heterocycles. The molecule has 0 amide bonds. The Hall–Kier alpha value is -0.790. The van der Waals surface area contributed by atoms with Gasteiger partial charge in [0.1, 0.15) is 6.17 Å². The SMILES string of the molecule is C=C(/C(N)=C\C)C(C)F. The lowest BCUT2D eigenvalue weighted by atomic mass is 10.1. The second kappa shape index (κ2) is 3.28. The minimum atomic E-state index is -1.04. The van der Waals surface area contributed by atoms with Crippen LogP contribution in [0, 0.1) is 0 Å². The molecule has 1 nitrogen and oxygen atoms in total. The zero-order valence-corrected chi connectivity index (χ0v) is 5.82. The Morgan fingerprint density at radius 3 is 2.33 bits per heavy atom. The number of halogens is 1. The van der Waals surface area contributed by atoms with E-state index < -0.39 is 6.17 Å². The van der Waals surface area contributed by atoms with Crippen LogP contribution in [-0.4, -0.2) is 6.17 Å². The van der Waals surface area contributed by atoms with Crippen molar-refractivity contribution in [1.29, 1.82) is 0 Å². The van der Waals surface area contributed by atoms with Crippen molar-refractivity contribution in [1.82, 2.24) is 0 Å². The molecule has 0 aliphatic carbocycles. The first kappa shape index (κ1) is 8.21. The normalized spacial score (nSPS) is 15.2. The molecule has 52 valence electrons. The molecule has 0 saturated heterocycles. The molecule has 0 aromatic carbocycles.